The minimum absolute atomic E-state index is 0.0658. The van der Waals surface area contributed by atoms with E-state index in [1.54, 1.807) is 36.4 Å². The van der Waals surface area contributed by atoms with Crippen molar-refractivity contribution in [1.29, 1.82) is 0 Å². The predicted molar refractivity (Wildman–Crippen MR) is 136 cm³/mol. The smallest absolute Gasteiger partial charge is 0.253 e. The molecule has 0 saturated carbocycles. The van der Waals surface area contributed by atoms with E-state index in [9.17, 15) is 14.4 Å². The lowest BCUT2D eigenvalue weighted by Gasteiger charge is -2.31. The number of likely N-dealkylation sites (tertiary alicyclic amines) is 1. The second-order valence-corrected chi connectivity index (χ2v) is 8.65. The van der Waals surface area contributed by atoms with Gasteiger partial charge < -0.3 is 16.0 Å². The van der Waals surface area contributed by atoms with Gasteiger partial charge in [-0.15, -0.1) is 0 Å². The molecule has 3 amide bonds. The molecule has 3 N–H and O–H groups in total. The molecule has 1 fully saturated rings. The fraction of sp³-hybridized carbons (Fsp3) is 0.250. The maximum Gasteiger partial charge on any atom is 0.253 e. The number of amides is 3. The molecule has 0 bridgehead atoms. The normalized spacial score (nSPS) is 14.2. The van der Waals surface area contributed by atoms with Crippen LogP contribution in [-0.2, 0) is 11.3 Å². The van der Waals surface area contributed by atoms with Crippen LogP contribution in [0.2, 0.25) is 0 Å². The van der Waals surface area contributed by atoms with Crippen molar-refractivity contribution >= 4 is 23.4 Å². The molecular formula is C28H30N4O3. The Morgan fingerprint density at radius 2 is 1.40 bits per heavy atom. The monoisotopic (exact) mass is 470 g/mol. The lowest BCUT2D eigenvalue weighted by Crippen LogP contribution is -2.46. The van der Waals surface area contributed by atoms with Gasteiger partial charge in [-0.25, -0.2) is 0 Å². The molecule has 0 radical (unpaired) electrons. The SMILES string of the molecule is O=C(CN1CCC(NC(=O)c2ccccc2)CC1)Nc1ccccc1C(=O)NCc1ccccc1. The summed E-state index contributed by atoms with van der Waals surface area (Å²) < 4.78 is 0. The first kappa shape index (κ1) is 24.2. The standard InChI is InChI=1S/C28H30N4O3/c33-26(20-32-17-15-23(16-18-32)30-27(34)22-11-5-2-6-12-22)31-25-14-8-7-13-24(25)28(35)29-19-21-9-3-1-4-10-21/h1-14,23H,15-20H2,(H,29,35)(H,30,34)(H,31,33). The summed E-state index contributed by atoms with van der Waals surface area (Å²) >= 11 is 0. The Kier molecular flexibility index (Phi) is 8.25. The van der Waals surface area contributed by atoms with Crippen molar-refractivity contribution in [2.75, 3.05) is 25.0 Å². The van der Waals surface area contributed by atoms with Crippen molar-refractivity contribution < 1.29 is 14.4 Å². The summed E-state index contributed by atoms with van der Waals surface area (Å²) in [6.07, 6.45) is 1.56. The summed E-state index contributed by atoms with van der Waals surface area (Å²) in [7, 11) is 0. The van der Waals surface area contributed by atoms with E-state index in [-0.39, 0.29) is 30.3 Å². The molecule has 4 rings (SSSR count). The number of nitrogens with zero attached hydrogens (tertiary/aromatic N) is 1. The minimum atomic E-state index is -0.236. The van der Waals surface area contributed by atoms with Gasteiger partial charge in [0.05, 0.1) is 17.8 Å². The van der Waals surface area contributed by atoms with Gasteiger partial charge in [0.15, 0.2) is 0 Å². The maximum absolute atomic E-state index is 12.7. The summed E-state index contributed by atoms with van der Waals surface area (Å²) in [4.78, 5) is 39.9. The van der Waals surface area contributed by atoms with Crippen molar-refractivity contribution in [2.45, 2.75) is 25.4 Å². The number of hydrogen-bond acceptors (Lipinski definition) is 4. The Morgan fingerprint density at radius 3 is 2.11 bits per heavy atom. The highest BCUT2D eigenvalue weighted by Gasteiger charge is 2.23. The van der Waals surface area contributed by atoms with E-state index in [2.05, 4.69) is 20.9 Å². The van der Waals surface area contributed by atoms with Crippen LogP contribution >= 0.6 is 0 Å². The first-order chi connectivity index (χ1) is 17.1. The lowest BCUT2D eigenvalue weighted by atomic mass is 10.0. The van der Waals surface area contributed by atoms with Crippen LogP contribution in [0.25, 0.3) is 0 Å². The first-order valence-electron chi connectivity index (χ1n) is 11.9. The number of benzene rings is 3. The molecule has 1 aliphatic rings. The van der Waals surface area contributed by atoms with Gasteiger partial charge in [-0.2, -0.15) is 0 Å². The molecule has 1 saturated heterocycles. The van der Waals surface area contributed by atoms with Gasteiger partial charge in [-0.05, 0) is 42.7 Å². The number of anilines is 1. The van der Waals surface area contributed by atoms with E-state index in [4.69, 9.17) is 0 Å². The maximum atomic E-state index is 12.7. The molecule has 35 heavy (non-hydrogen) atoms. The average molecular weight is 471 g/mol. The van der Waals surface area contributed by atoms with E-state index in [0.29, 0.717) is 36.4 Å². The minimum Gasteiger partial charge on any atom is -0.349 e. The number of piperidine rings is 1. The van der Waals surface area contributed by atoms with Crippen LogP contribution in [-0.4, -0.2) is 48.3 Å². The highest BCUT2D eigenvalue weighted by atomic mass is 16.2. The molecule has 3 aromatic rings. The number of hydrogen-bond donors (Lipinski definition) is 3. The molecule has 1 heterocycles. The van der Waals surface area contributed by atoms with Crippen molar-refractivity contribution in [2.24, 2.45) is 0 Å². The topological polar surface area (TPSA) is 90.5 Å². The lowest BCUT2D eigenvalue weighted by molar-refractivity contribution is -0.117. The fourth-order valence-corrected chi connectivity index (χ4v) is 4.15. The summed E-state index contributed by atoms with van der Waals surface area (Å²) in [6, 6.07) is 26.0. The molecule has 7 nitrogen and oxygen atoms in total. The second-order valence-electron chi connectivity index (χ2n) is 8.65. The largest absolute Gasteiger partial charge is 0.349 e. The molecule has 0 unspecified atom stereocenters. The van der Waals surface area contributed by atoms with E-state index in [0.717, 1.165) is 18.4 Å². The number of carbonyl (C=O) groups excluding carboxylic acids is 3. The average Bonchev–Trinajstić information content (AvgIpc) is 2.90. The zero-order chi connectivity index (χ0) is 24.5. The van der Waals surface area contributed by atoms with Crippen LogP contribution in [0.15, 0.2) is 84.9 Å². The highest BCUT2D eigenvalue weighted by Crippen LogP contribution is 2.16. The predicted octanol–water partition coefficient (Wildman–Crippen LogP) is 3.45. The van der Waals surface area contributed by atoms with Crippen LogP contribution in [0.3, 0.4) is 0 Å². The number of rotatable bonds is 8. The van der Waals surface area contributed by atoms with Crippen molar-refractivity contribution in [3.8, 4) is 0 Å². The zero-order valence-electron chi connectivity index (χ0n) is 19.6. The Labute approximate surface area is 205 Å². The molecule has 0 aliphatic carbocycles. The van der Waals surface area contributed by atoms with Crippen LogP contribution in [0.1, 0.15) is 39.1 Å². The van der Waals surface area contributed by atoms with Crippen molar-refractivity contribution in [3.05, 3.63) is 102 Å². The number of nitrogens with one attached hydrogen (secondary N) is 3. The van der Waals surface area contributed by atoms with Gasteiger partial charge in [0.25, 0.3) is 11.8 Å². The molecule has 0 atom stereocenters. The summed E-state index contributed by atoms with van der Waals surface area (Å²) in [5.41, 5.74) is 2.58. The molecule has 180 valence electrons. The molecule has 0 spiro atoms. The molecule has 0 aromatic heterocycles. The molecule has 7 heteroatoms. The van der Waals surface area contributed by atoms with Crippen LogP contribution in [0.4, 0.5) is 5.69 Å². The third-order valence-corrected chi connectivity index (χ3v) is 6.07. The first-order valence-corrected chi connectivity index (χ1v) is 11.9. The Hall–Kier alpha value is -3.97. The zero-order valence-corrected chi connectivity index (χ0v) is 19.6. The summed E-state index contributed by atoms with van der Waals surface area (Å²) in [6.45, 7) is 2.08. The second kappa shape index (κ2) is 11.9. The van der Waals surface area contributed by atoms with Crippen molar-refractivity contribution in [1.82, 2.24) is 15.5 Å². The molecular weight excluding hydrogens is 440 g/mol. The Balaban J connectivity index is 1.25. The van der Waals surface area contributed by atoms with Gasteiger partial charge in [0.1, 0.15) is 0 Å². The highest BCUT2D eigenvalue weighted by molar-refractivity contribution is 6.04. The summed E-state index contributed by atoms with van der Waals surface area (Å²) in [5.74, 6) is -0.469. The van der Waals surface area contributed by atoms with Gasteiger partial charge in [0, 0.05) is 31.2 Å². The van der Waals surface area contributed by atoms with Gasteiger partial charge in [0.2, 0.25) is 5.91 Å². The van der Waals surface area contributed by atoms with Gasteiger partial charge >= 0.3 is 0 Å². The van der Waals surface area contributed by atoms with E-state index >= 15 is 0 Å². The van der Waals surface area contributed by atoms with Crippen LogP contribution < -0.4 is 16.0 Å². The van der Waals surface area contributed by atoms with E-state index < -0.39 is 0 Å². The third-order valence-electron chi connectivity index (χ3n) is 6.07. The molecule has 1 aliphatic heterocycles. The Morgan fingerprint density at radius 1 is 0.771 bits per heavy atom. The number of para-hydroxylation sites is 1. The van der Waals surface area contributed by atoms with Crippen LogP contribution in [0, 0.1) is 0 Å². The number of carbonyl (C=O) groups is 3. The van der Waals surface area contributed by atoms with Gasteiger partial charge in [-0.3, -0.25) is 19.3 Å². The van der Waals surface area contributed by atoms with Gasteiger partial charge in [-0.1, -0.05) is 60.7 Å². The third kappa shape index (κ3) is 7.01. The van der Waals surface area contributed by atoms with E-state index in [1.165, 1.54) is 0 Å². The van der Waals surface area contributed by atoms with Crippen LogP contribution in [0.5, 0.6) is 0 Å². The summed E-state index contributed by atoms with van der Waals surface area (Å²) in [5, 5.41) is 8.88. The molecule has 3 aromatic carbocycles. The fourth-order valence-electron chi connectivity index (χ4n) is 4.15. The van der Waals surface area contributed by atoms with E-state index in [1.807, 2.05) is 48.5 Å². The van der Waals surface area contributed by atoms with Crippen molar-refractivity contribution in [3.63, 3.8) is 0 Å². The Bertz CT molecular complexity index is 1140. The quantitative estimate of drug-likeness (QED) is 0.470.